The first-order valence-corrected chi connectivity index (χ1v) is 18.6. The van der Waals surface area contributed by atoms with Gasteiger partial charge in [-0.2, -0.15) is 0 Å². The summed E-state index contributed by atoms with van der Waals surface area (Å²) < 4.78 is 0. The summed E-state index contributed by atoms with van der Waals surface area (Å²) in [7, 11) is 0. The van der Waals surface area contributed by atoms with Gasteiger partial charge in [0, 0.05) is 56.0 Å². The Balaban J connectivity index is 1.29. The predicted molar refractivity (Wildman–Crippen MR) is 231 cm³/mol. The second-order valence-electron chi connectivity index (χ2n) is 13.9. The molecule has 4 N–H and O–H groups in total. The molecule has 0 bridgehead atoms. The summed E-state index contributed by atoms with van der Waals surface area (Å²) in [6.07, 6.45) is 0. The van der Waals surface area contributed by atoms with Crippen molar-refractivity contribution >= 4 is 67.5 Å². The maximum absolute atomic E-state index is 14.8. The van der Waals surface area contributed by atoms with E-state index in [1.165, 1.54) is 0 Å². The highest BCUT2D eigenvalue weighted by Gasteiger charge is 2.37. The highest BCUT2D eigenvalue weighted by atomic mass is 16.1. The first-order chi connectivity index (χ1) is 27.5. The average molecular weight is 721 g/mol. The van der Waals surface area contributed by atoms with Gasteiger partial charge in [-0.05, 0) is 68.8 Å². The maximum atomic E-state index is 14.8. The van der Waals surface area contributed by atoms with Gasteiger partial charge in [0.15, 0.2) is 11.6 Å². The van der Waals surface area contributed by atoms with Gasteiger partial charge in [0.05, 0.1) is 0 Å². The van der Waals surface area contributed by atoms with Crippen LogP contribution in [0.3, 0.4) is 0 Å². The Morgan fingerprint density at radius 2 is 0.393 bits per heavy atom. The fraction of sp³-hybridized carbons (Fsp3) is 0. The zero-order valence-electron chi connectivity index (χ0n) is 30.4. The SMILES string of the molecule is Nc1ccc(C2=C(c3ccccc3)C(=O)C(c3ccccc3)=C2c2ccc(C3=C(c4ccccc4)C(=O)C(c4ccccc4)=C3c3ccc(N)cc3)cc2)cc1. The smallest absolute Gasteiger partial charge is 0.195 e. The minimum Gasteiger partial charge on any atom is -0.399 e. The van der Waals surface area contributed by atoms with Crippen LogP contribution in [0.2, 0.25) is 0 Å². The Labute approximate surface area is 326 Å². The van der Waals surface area contributed by atoms with Gasteiger partial charge in [-0.3, -0.25) is 9.59 Å². The van der Waals surface area contributed by atoms with E-state index in [2.05, 4.69) is 24.3 Å². The van der Waals surface area contributed by atoms with Crippen molar-refractivity contribution in [2.45, 2.75) is 0 Å². The molecule has 266 valence electrons. The van der Waals surface area contributed by atoms with Crippen molar-refractivity contribution in [1.29, 1.82) is 0 Å². The quantitative estimate of drug-likeness (QED) is 0.153. The molecule has 0 fully saturated rings. The molecule has 0 saturated heterocycles. The normalized spacial score (nSPS) is 14.4. The number of Topliss-reactive ketones (excluding diaryl/α,β-unsaturated/α-hetero) is 2. The van der Waals surface area contributed by atoms with Crippen molar-refractivity contribution in [3.8, 4) is 0 Å². The highest BCUT2D eigenvalue weighted by Crippen LogP contribution is 2.52. The third kappa shape index (κ3) is 6.00. The number of allylic oxidation sites excluding steroid dienone is 8. The van der Waals surface area contributed by atoms with Crippen LogP contribution in [0.25, 0.3) is 44.6 Å². The number of rotatable bonds is 8. The third-order valence-corrected chi connectivity index (χ3v) is 10.5. The Morgan fingerprint density at radius 1 is 0.214 bits per heavy atom. The van der Waals surface area contributed by atoms with Crippen molar-refractivity contribution in [2.24, 2.45) is 0 Å². The van der Waals surface area contributed by atoms with E-state index >= 15 is 0 Å². The minimum atomic E-state index is -0.0372. The van der Waals surface area contributed by atoms with Crippen LogP contribution in [0.4, 0.5) is 11.4 Å². The molecule has 0 saturated carbocycles. The number of carbonyl (C=O) groups excluding carboxylic acids is 2. The lowest BCUT2D eigenvalue weighted by molar-refractivity contribution is -0.109. The summed E-state index contributed by atoms with van der Waals surface area (Å²) >= 11 is 0. The molecule has 2 aliphatic carbocycles. The van der Waals surface area contributed by atoms with E-state index in [0.29, 0.717) is 33.7 Å². The average Bonchev–Trinajstić information content (AvgIpc) is 3.73. The van der Waals surface area contributed by atoms with Crippen molar-refractivity contribution in [1.82, 2.24) is 0 Å². The van der Waals surface area contributed by atoms with Gasteiger partial charge < -0.3 is 11.5 Å². The lowest BCUT2D eigenvalue weighted by Gasteiger charge is -2.17. The number of nitrogens with two attached hydrogens (primary N) is 2. The predicted octanol–water partition coefficient (Wildman–Crippen LogP) is 11.1. The summed E-state index contributed by atoms with van der Waals surface area (Å²) in [6, 6.07) is 63.2. The van der Waals surface area contributed by atoms with Gasteiger partial charge in [-0.25, -0.2) is 0 Å². The monoisotopic (exact) mass is 720 g/mol. The molecule has 0 atom stereocenters. The van der Waals surface area contributed by atoms with E-state index in [-0.39, 0.29) is 11.6 Å². The number of ketones is 2. The summed E-state index contributed by atoms with van der Waals surface area (Å²) in [5, 5.41) is 0. The minimum absolute atomic E-state index is 0.0372. The van der Waals surface area contributed by atoms with Gasteiger partial charge >= 0.3 is 0 Å². The maximum Gasteiger partial charge on any atom is 0.195 e. The van der Waals surface area contributed by atoms with Crippen LogP contribution in [0.1, 0.15) is 44.5 Å². The molecule has 0 amide bonds. The van der Waals surface area contributed by atoms with Crippen molar-refractivity contribution in [2.75, 3.05) is 11.5 Å². The molecule has 2 aliphatic rings. The molecule has 0 spiro atoms. The van der Waals surface area contributed by atoms with E-state index in [0.717, 1.165) is 66.8 Å². The Kier molecular flexibility index (Phi) is 8.77. The molecular formula is C52H36N2O2. The first kappa shape index (κ1) is 34.2. The van der Waals surface area contributed by atoms with Crippen LogP contribution in [0, 0.1) is 0 Å². The molecule has 0 heterocycles. The number of nitrogen functional groups attached to an aromatic ring is 2. The molecule has 4 heteroatoms. The molecule has 56 heavy (non-hydrogen) atoms. The van der Waals surface area contributed by atoms with Crippen LogP contribution in [0.15, 0.2) is 194 Å². The van der Waals surface area contributed by atoms with E-state index in [4.69, 9.17) is 11.5 Å². The van der Waals surface area contributed by atoms with Crippen molar-refractivity contribution in [3.63, 3.8) is 0 Å². The highest BCUT2D eigenvalue weighted by molar-refractivity contribution is 6.60. The number of hydrogen-bond acceptors (Lipinski definition) is 4. The van der Waals surface area contributed by atoms with Crippen LogP contribution in [0.5, 0.6) is 0 Å². The molecule has 4 nitrogen and oxygen atoms in total. The summed E-state index contributed by atoms with van der Waals surface area (Å²) in [6.45, 7) is 0. The Morgan fingerprint density at radius 3 is 0.607 bits per heavy atom. The van der Waals surface area contributed by atoms with Gasteiger partial charge in [0.2, 0.25) is 0 Å². The third-order valence-electron chi connectivity index (χ3n) is 10.5. The molecule has 0 aromatic heterocycles. The number of benzene rings is 7. The summed E-state index contributed by atoms with van der Waals surface area (Å²) in [5.74, 6) is -0.0744. The molecule has 0 aliphatic heterocycles. The number of hydrogen-bond donors (Lipinski definition) is 2. The summed E-state index contributed by atoms with van der Waals surface area (Å²) in [5.41, 5.74) is 26.5. The van der Waals surface area contributed by atoms with Crippen LogP contribution < -0.4 is 11.5 Å². The Hall–Kier alpha value is -7.56. The molecule has 9 rings (SSSR count). The Bertz CT molecular complexity index is 2560. The largest absolute Gasteiger partial charge is 0.399 e. The van der Waals surface area contributed by atoms with Gasteiger partial charge in [0.1, 0.15) is 0 Å². The molecule has 7 aromatic rings. The standard InChI is InChI=1S/C52H36N2O2/c53-41-29-25-39(26-30-41)45-43(47(33-13-5-1-6-14-33)51(55)49(45)35-17-9-3-10-18-35)37-21-23-38(24-22-37)44-46(40-27-31-42(54)32-28-40)50(36-19-11-4-12-20-36)52(56)48(44)34-15-7-2-8-16-34/h1-32H,53-54H2. The summed E-state index contributed by atoms with van der Waals surface area (Å²) in [4.78, 5) is 29.7. The molecular weight excluding hydrogens is 685 g/mol. The van der Waals surface area contributed by atoms with E-state index in [1.54, 1.807) is 0 Å². The van der Waals surface area contributed by atoms with Crippen molar-refractivity contribution < 1.29 is 9.59 Å². The van der Waals surface area contributed by atoms with Gasteiger partial charge in [-0.15, -0.1) is 0 Å². The van der Waals surface area contributed by atoms with Gasteiger partial charge in [0.25, 0.3) is 0 Å². The first-order valence-electron chi connectivity index (χ1n) is 18.6. The molecule has 0 unspecified atom stereocenters. The van der Waals surface area contributed by atoms with Gasteiger partial charge in [-0.1, -0.05) is 170 Å². The zero-order chi connectivity index (χ0) is 38.2. The second-order valence-corrected chi connectivity index (χ2v) is 13.9. The number of anilines is 2. The lowest BCUT2D eigenvalue weighted by Crippen LogP contribution is -2.02. The second kappa shape index (κ2) is 14.3. The van der Waals surface area contributed by atoms with Crippen LogP contribution >= 0.6 is 0 Å². The van der Waals surface area contributed by atoms with Crippen molar-refractivity contribution in [3.05, 3.63) is 239 Å². The van der Waals surface area contributed by atoms with E-state index in [9.17, 15) is 9.59 Å². The van der Waals surface area contributed by atoms with E-state index in [1.807, 2.05) is 170 Å². The van der Waals surface area contributed by atoms with Crippen LogP contribution in [-0.4, -0.2) is 11.6 Å². The van der Waals surface area contributed by atoms with Crippen LogP contribution in [-0.2, 0) is 9.59 Å². The fourth-order valence-corrected chi connectivity index (χ4v) is 7.98. The molecule has 7 aromatic carbocycles. The number of carbonyl (C=O) groups is 2. The zero-order valence-corrected chi connectivity index (χ0v) is 30.4. The van der Waals surface area contributed by atoms with E-state index < -0.39 is 0 Å². The topological polar surface area (TPSA) is 86.2 Å². The molecule has 0 radical (unpaired) electrons. The lowest BCUT2D eigenvalue weighted by atomic mass is 9.86. The fourth-order valence-electron chi connectivity index (χ4n) is 7.98.